The molecule has 5 nitrogen and oxygen atoms in total. The Balaban J connectivity index is 0.00000225. The maximum atomic E-state index is 6.09. The normalized spacial score (nSPS) is 21.3. The molecule has 0 bridgehead atoms. The highest BCUT2D eigenvalue weighted by Gasteiger charge is 2.34. The predicted octanol–water partition coefficient (Wildman–Crippen LogP) is 3.18. The van der Waals surface area contributed by atoms with E-state index in [1.54, 1.807) is 0 Å². The van der Waals surface area contributed by atoms with Crippen LogP contribution in [0.1, 0.15) is 31.9 Å². The number of hydrogen-bond acceptors (Lipinski definition) is 2. The van der Waals surface area contributed by atoms with Gasteiger partial charge in [-0.2, -0.15) is 0 Å². The molecule has 2 fully saturated rings. The molecule has 1 aliphatic heterocycles. The molecule has 1 unspecified atom stereocenters. The highest BCUT2D eigenvalue weighted by atomic mass is 127. The molecule has 1 aliphatic carbocycles. The molecule has 142 valence electrons. The van der Waals surface area contributed by atoms with Gasteiger partial charge < -0.3 is 19.7 Å². The monoisotopic (exact) mass is 479 g/mol. The van der Waals surface area contributed by atoms with Crippen LogP contribution in [0, 0.1) is 5.92 Å². The van der Waals surface area contributed by atoms with Gasteiger partial charge in [-0.3, -0.25) is 4.99 Å². The van der Waals surface area contributed by atoms with Crippen molar-refractivity contribution in [1.29, 1.82) is 0 Å². The number of aromatic nitrogens is 1. The maximum absolute atomic E-state index is 6.09. The van der Waals surface area contributed by atoms with Crippen LogP contribution in [0.2, 0.25) is 5.02 Å². The molecule has 2 heterocycles. The summed E-state index contributed by atoms with van der Waals surface area (Å²) >= 11 is 6.09. The average Bonchev–Trinajstić information content (AvgIpc) is 3.20. The summed E-state index contributed by atoms with van der Waals surface area (Å²) in [7, 11) is 4.12. The van der Waals surface area contributed by atoms with Crippen molar-refractivity contribution in [2.24, 2.45) is 18.0 Å². The highest BCUT2D eigenvalue weighted by molar-refractivity contribution is 14.0. The van der Waals surface area contributed by atoms with Crippen molar-refractivity contribution in [3.05, 3.63) is 23.0 Å². The number of aryl methyl sites for hydroxylation is 1. The molecule has 0 radical (unpaired) electrons. The SMILES string of the molecule is CCNC(=NCC1CCN(C2CC2)C1)N(C)Cc1cc(Cl)cn1C.I. The summed E-state index contributed by atoms with van der Waals surface area (Å²) in [4.78, 5) is 9.74. The second-order valence-electron chi connectivity index (χ2n) is 7.19. The largest absolute Gasteiger partial charge is 0.357 e. The standard InChI is InChI=1S/C18H30ClN5.HI/c1-4-20-18(23(3)13-17-9-15(19)12-22(17)2)21-10-14-7-8-24(11-14)16-5-6-16;/h9,12,14,16H,4-8,10-11,13H2,1-3H3,(H,20,21);1H. The lowest BCUT2D eigenvalue weighted by Crippen LogP contribution is -2.39. The minimum absolute atomic E-state index is 0. The molecule has 0 aromatic carbocycles. The second kappa shape index (κ2) is 9.46. The van der Waals surface area contributed by atoms with Crippen LogP contribution in [0.5, 0.6) is 0 Å². The predicted molar refractivity (Wildman–Crippen MR) is 116 cm³/mol. The van der Waals surface area contributed by atoms with Crippen molar-refractivity contribution in [1.82, 2.24) is 19.7 Å². The minimum atomic E-state index is 0. The van der Waals surface area contributed by atoms with Gasteiger partial charge in [0, 0.05) is 51.7 Å². The summed E-state index contributed by atoms with van der Waals surface area (Å²) in [5.74, 6) is 1.69. The zero-order valence-corrected chi connectivity index (χ0v) is 18.6. The molecule has 1 N–H and O–H groups in total. The third kappa shape index (κ3) is 5.76. The van der Waals surface area contributed by atoms with Crippen molar-refractivity contribution in [3.63, 3.8) is 0 Å². The topological polar surface area (TPSA) is 35.8 Å². The van der Waals surface area contributed by atoms with Gasteiger partial charge in [-0.1, -0.05) is 11.6 Å². The van der Waals surface area contributed by atoms with Gasteiger partial charge in [0.05, 0.1) is 11.6 Å². The molecule has 1 saturated heterocycles. The summed E-state index contributed by atoms with van der Waals surface area (Å²) in [5.41, 5.74) is 1.19. The van der Waals surface area contributed by atoms with Crippen LogP contribution >= 0.6 is 35.6 Å². The van der Waals surface area contributed by atoms with E-state index >= 15 is 0 Å². The van der Waals surface area contributed by atoms with E-state index < -0.39 is 0 Å². The van der Waals surface area contributed by atoms with Crippen molar-refractivity contribution in [2.75, 3.05) is 33.2 Å². The first kappa shape index (κ1) is 20.8. The first-order valence-corrected chi connectivity index (χ1v) is 9.48. The number of aliphatic imine (C=N–C) groups is 1. The van der Waals surface area contributed by atoms with Crippen molar-refractivity contribution in [2.45, 2.75) is 38.8 Å². The number of halogens is 2. The Hall–Kier alpha value is -0.470. The van der Waals surface area contributed by atoms with Gasteiger partial charge in [0.2, 0.25) is 0 Å². The fraction of sp³-hybridized carbons (Fsp3) is 0.722. The zero-order valence-electron chi connectivity index (χ0n) is 15.5. The van der Waals surface area contributed by atoms with Gasteiger partial charge >= 0.3 is 0 Å². The molecule has 1 aromatic heterocycles. The third-order valence-corrected chi connectivity index (χ3v) is 5.26. The summed E-state index contributed by atoms with van der Waals surface area (Å²) in [5, 5.41) is 4.21. The second-order valence-corrected chi connectivity index (χ2v) is 7.63. The Kier molecular flexibility index (Phi) is 7.89. The molecule has 1 aromatic rings. The Morgan fingerprint density at radius 2 is 2.16 bits per heavy atom. The molecule has 0 spiro atoms. The first-order chi connectivity index (χ1) is 11.6. The van der Waals surface area contributed by atoms with Gasteiger partial charge in [0.1, 0.15) is 0 Å². The number of nitrogens with zero attached hydrogens (tertiary/aromatic N) is 4. The molecule has 3 rings (SSSR count). The van der Waals surface area contributed by atoms with E-state index in [2.05, 4.69) is 33.7 Å². The van der Waals surface area contributed by atoms with Crippen LogP contribution < -0.4 is 5.32 Å². The number of hydrogen-bond donors (Lipinski definition) is 1. The van der Waals surface area contributed by atoms with Gasteiger partial charge in [-0.05, 0) is 44.7 Å². The van der Waals surface area contributed by atoms with Gasteiger partial charge in [-0.15, -0.1) is 24.0 Å². The first-order valence-electron chi connectivity index (χ1n) is 9.11. The van der Waals surface area contributed by atoms with E-state index in [1.165, 1.54) is 38.0 Å². The van der Waals surface area contributed by atoms with Gasteiger partial charge in [-0.25, -0.2) is 0 Å². The van der Waals surface area contributed by atoms with Gasteiger partial charge in [0.25, 0.3) is 0 Å². The van der Waals surface area contributed by atoms with E-state index in [0.717, 1.165) is 36.7 Å². The number of nitrogens with one attached hydrogen (secondary N) is 1. The number of likely N-dealkylation sites (tertiary alicyclic amines) is 1. The van der Waals surface area contributed by atoms with Crippen LogP contribution in [0.15, 0.2) is 17.3 Å². The lowest BCUT2D eigenvalue weighted by molar-refractivity contribution is 0.315. The molecule has 1 atom stereocenters. The molecule has 2 aliphatic rings. The number of rotatable bonds is 6. The molecule has 25 heavy (non-hydrogen) atoms. The Labute approximate surface area is 173 Å². The third-order valence-electron chi connectivity index (χ3n) is 5.05. The molecular formula is C18H31ClIN5. The van der Waals surface area contributed by atoms with Crippen molar-refractivity contribution >= 4 is 41.5 Å². The molecule has 1 saturated carbocycles. The van der Waals surface area contributed by atoms with Crippen molar-refractivity contribution in [3.8, 4) is 0 Å². The van der Waals surface area contributed by atoms with Crippen LogP contribution in [0.4, 0.5) is 0 Å². The number of guanidine groups is 1. The smallest absolute Gasteiger partial charge is 0.194 e. The highest BCUT2D eigenvalue weighted by Crippen LogP contribution is 2.31. The van der Waals surface area contributed by atoms with Crippen LogP contribution in [0.25, 0.3) is 0 Å². The lowest BCUT2D eigenvalue weighted by Gasteiger charge is -2.23. The Morgan fingerprint density at radius 1 is 1.40 bits per heavy atom. The Bertz CT molecular complexity index is 584. The maximum Gasteiger partial charge on any atom is 0.194 e. The lowest BCUT2D eigenvalue weighted by atomic mass is 10.1. The van der Waals surface area contributed by atoms with Crippen molar-refractivity contribution < 1.29 is 0 Å². The fourth-order valence-corrected chi connectivity index (χ4v) is 3.78. The molecular weight excluding hydrogens is 449 g/mol. The average molecular weight is 480 g/mol. The van der Waals surface area contributed by atoms with Crippen LogP contribution in [-0.4, -0.2) is 59.6 Å². The molecule has 0 amide bonds. The Morgan fingerprint density at radius 3 is 2.76 bits per heavy atom. The van der Waals surface area contributed by atoms with Gasteiger partial charge in [0.15, 0.2) is 5.96 Å². The van der Waals surface area contributed by atoms with Crippen LogP contribution in [-0.2, 0) is 13.6 Å². The zero-order chi connectivity index (χ0) is 17.1. The summed E-state index contributed by atoms with van der Waals surface area (Å²) in [6.07, 6.45) is 6.04. The quantitative estimate of drug-likeness (QED) is 0.387. The van der Waals surface area contributed by atoms with Crippen LogP contribution in [0.3, 0.4) is 0 Å². The van der Waals surface area contributed by atoms with E-state index in [4.69, 9.17) is 16.6 Å². The van der Waals surface area contributed by atoms with E-state index in [-0.39, 0.29) is 24.0 Å². The molecule has 7 heteroatoms. The van der Waals surface area contributed by atoms with E-state index in [1.807, 2.05) is 19.3 Å². The minimum Gasteiger partial charge on any atom is -0.357 e. The summed E-state index contributed by atoms with van der Waals surface area (Å²) < 4.78 is 2.08. The van der Waals surface area contributed by atoms with E-state index in [9.17, 15) is 0 Å². The summed E-state index contributed by atoms with van der Waals surface area (Å²) in [6, 6.07) is 2.91. The summed E-state index contributed by atoms with van der Waals surface area (Å²) in [6.45, 7) is 7.21. The van der Waals surface area contributed by atoms with E-state index in [0.29, 0.717) is 5.92 Å². The fourth-order valence-electron chi connectivity index (χ4n) is 3.51.